The third-order valence-corrected chi connectivity index (χ3v) is 5.50. The van der Waals surface area contributed by atoms with Gasteiger partial charge in [0.15, 0.2) is 0 Å². The summed E-state index contributed by atoms with van der Waals surface area (Å²) in [5.74, 6) is 0.619. The first-order chi connectivity index (χ1) is 11.9. The Morgan fingerprint density at radius 2 is 1.42 bits per heavy atom. The zero-order chi connectivity index (χ0) is 16.6. The molecule has 0 saturated heterocycles. The van der Waals surface area contributed by atoms with Crippen LogP contribution in [0.4, 0.5) is 0 Å². The number of rotatable bonds is 10. The summed E-state index contributed by atoms with van der Waals surface area (Å²) in [5, 5.41) is 2.88. The molecule has 2 aromatic carbocycles. The van der Waals surface area contributed by atoms with E-state index in [0.717, 1.165) is 0 Å². The summed E-state index contributed by atoms with van der Waals surface area (Å²) in [6, 6.07) is 13.5. The third kappa shape index (κ3) is 4.29. The molecule has 0 saturated carbocycles. The smallest absolute Gasteiger partial charge is 0.00276 e. The summed E-state index contributed by atoms with van der Waals surface area (Å²) in [6.45, 7) is 2.29. The maximum atomic E-state index is 2.43. The van der Waals surface area contributed by atoms with Crippen LogP contribution in [-0.2, 0) is 0 Å². The van der Waals surface area contributed by atoms with E-state index in [9.17, 15) is 0 Å². The Morgan fingerprint density at radius 3 is 2.17 bits per heavy atom. The molecule has 0 nitrogen and oxygen atoms in total. The topological polar surface area (TPSA) is 0 Å². The van der Waals surface area contributed by atoms with E-state index in [4.69, 9.17) is 0 Å². The van der Waals surface area contributed by atoms with E-state index in [0.29, 0.717) is 5.92 Å². The highest BCUT2D eigenvalue weighted by Crippen LogP contribution is 2.37. The van der Waals surface area contributed by atoms with Crippen LogP contribution in [0, 0.1) is 0 Å². The molecule has 1 aliphatic rings. The lowest BCUT2D eigenvalue weighted by atomic mass is 9.83. The van der Waals surface area contributed by atoms with Crippen LogP contribution in [0.2, 0.25) is 0 Å². The Hall–Kier alpha value is -1.56. The van der Waals surface area contributed by atoms with Gasteiger partial charge in [0.2, 0.25) is 0 Å². The Morgan fingerprint density at radius 1 is 0.750 bits per heavy atom. The molecule has 0 radical (unpaired) electrons. The van der Waals surface area contributed by atoms with Crippen molar-refractivity contribution in [3.8, 4) is 0 Å². The van der Waals surface area contributed by atoms with Gasteiger partial charge in [-0.25, -0.2) is 0 Å². The Balaban J connectivity index is 1.45. The Kier molecular flexibility index (Phi) is 6.52. The fourth-order valence-corrected chi connectivity index (χ4v) is 4.10. The van der Waals surface area contributed by atoms with Gasteiger partial charge >= 0.3 is 0 Å². The van der Waals surface area contributed by atoms with Crippen LogP contribution in [-0.4, -0.2) is 0 Å². The molecule has 0 aliphatic heterocycles. The maximum Gasteiger partial charge on any atom is 0.00276 e. The quantitative estimate of drug-likeness (QED) is 0.391. The van der Waals surface area contributed by atoms with Gasteiger partial charge in [-0.15, -0.1) is 0 Å². The van der Waals surface area contributed by atoms with Gasteiger partial charge in [-0.3, -0.25) is 0 Å². The molecular weight excluding hydrogens is 288 g/mol. The number of hydrogen-bond acceptors (Lipinski definition) is 0. The first-order valence-electron chi connectivity index (χ1n) is 10.1. The molecular formula is C24H32. The van der Waals surface area contributed by atoms with Gasteiger partial charge in [0, 0.05) is 5.92 Å². The van der Waals surface area contributed by atoms with Crippen molar-refractivity contribution in [2.24, 2.45) is 0 Å². The minimum Gasteiger partial charge on any atom is -0.0764 e. The molecule has 0 heterocycles. The average Bonchev–Trinajstić information content (AvgIpc) is 2.62. The van der Waals surface area contributed by atoms with E-state index in [2.05, 4.69) is 55.5 Å². The second kappa shape index (κ2) is 9.06. The van der Waals surface area contributed by atoms with Gasteiger partial charge in [0.05, 0.1) is 0 Å². The van der Waals surface area contributed by atoms with Crippen LogP contribution in [0.25, 0.3) is 16.8 Å². The molecule has 3 rings (SSSR count). The number of hydrogen-bond donors (Lipinski definition) is 0. The van der Waals surface area contributed by atoms with Gasteiger partial charge < -0.3 is 0 Å². The summed E-state index contributed by atoms with van der Waals surface area (Å²) < 4.78 is 0. The third-order valence-electron chi connectivity index (χ3n) is 5.50. The first-order valence-corrected chi connectivity index (χ1v) is 10.1. The normalized spacial score (nSPS) is 16.0. The zero-order valence-electron chi connectivity index (χ0n) is 15.3. The van der Waals surface area contributed by atoms with Crippen molar-refractivity contribution in [2.45, 2.75) is 77.0 Å². The maximum absolute atomic E-state index is 2.43. The van der Waals surface area contributed by atoms with Crippen molar-refractivity contribution in [1.29, 1.82) is 0 Å². The fraction of sp³-hybridized carbons (Fsp3) is 0.500. The van der Waals surface area contributed by atoms with E-state index in [1.54, 1.807) is 5.56 Å². The summed E-state index contributed by atoms with van der Waals surface area (Å²) in [5.41, 5.74) is 2.94. The number of allylic oxidation sites excluding steroid dienone is 1. The lowest BCUT2D eigenvalue weighted by Crippen LogP contribution is -2.01. The summed E-state index contributed by atoms with van der Waals surface area (Å²) >= 11 is 0. The number of benzene rings is 2. The van der Waals surface area contributed by atoms with Gasteiger partial charge in [-0.1, -0.05) is 113 Å². The van der Waals surface area contributed by atoms with Crippen molar-refractivity contribution in [1.82, 2.24) is 0 Å². The fourth-order valence-electron chi connectivity index (χ4n) is 4.10. The van der Waals surface area contributed by atoms with Gasteiger partial charge in [-0.05, 0) is 28.3 Å². The average molecular weight is 321 g/mol. The van der Waals surface area contributed by atoms with Crippen LogP contribution in [0.15, 0.2) is 42.5 Å². The molecule has 1 atom stereocenters. The SMILES string of the molecule is CCCCCCCCCCCC1C=Cc2cccc3cccc1c23. The summed E-state index contributed by atoms with van der Waals surface area (Å²) in [6.07, 6.45) is 18.8. The second-order valence-corrected chi connectivity index (χ2v) is 7.38. The molecule has 0 bridgehead atoms. The monoisotopic (exact) mass is 320 g/mol. The predicted octanol–water partition coefficient (Wildman–Crippen LogP) is 7.87. The predicted molar refractivity (Wildman–Crippen MR) is 108 cm³/mol. The lowest BCUT2D eigenvalue weighted by molar-refractivity contribution is 0.548. The van der Waals surface area contributed by atoms with E-state index in [-0.39, 0.29) is 0 Å². The molecule has 0 spiro atoms. The summed E-state index contributed by atoms with van der Waals surface area (Å²) in [7, 11) is 0. The molecule has 24 heavy (non-hydrogen) atoms. The highest BCUT2D eigenvalue weighted by Gasteiger charge is 2.16. The molecule has 1 aliphatic carbocycles. The highest BCUT2D eigenvalue weighted by molar-refractivity contribution is 5.95. The Bertz CT molecular complexity index is 660. The minimum absolute atomic E-state index is 0.619. The van der Waals surface area contributed by atoms with E-state index >= 15 is 0 Å². The summed E-state index contributed by atoms with van der Waals surface area (Å²) in [4.78, 5) is 0. The van der Waals surface area contributed by atoms with Crippen molar-refractivity contribution in [2.75, 3.05) is 0 Å². The minimum atomic E-state index is 0.619. The van der Waals surface area contributed by atoms with E-state index < -0.39 is 0 Å². The molecule has 0 aromatic heterocycles. The molecule has 128 valence electrons. The van der Waals surface area contributed by atoms with Crippen LogP contribution in [0.1, 0.15) is 88.2 Å². The van der Waals surface area contributed by atoms with Crippen molar-refractivity contribution in [3.05, 3.63) is 53.6 Å². The molecule has 2 aromatic rings. The van der Waals surface area contributed by atoms with E-state index in [1.165, 1.54) is 80.5 Å². The lowest BCUT2D eigenvalue weighted by Gasteiger charge is -2.21. The largest absolute Gasteiger partial charge is 0.0764 e. The van der Waals surface area contributed by atoms with Crippen LogP contribution < -0.4 is 0 Å². The van der Waals surface area contributed by atoms with Gasteiger partial charge in [0.25, 0.3) is 0 Å². The van der Waals surface area contributed by atoms with E-state index in [1.807, 2.05) is 0 Å². The molecule has 0 N–H and O–H groups in total. The first kappa shape index (κ1) is 17.3. The molecule has 0 heteroatoms. The van der Waals surface area contributed by atoms with Crippen LogP contribution in [0.5, 0.6) is 0 Å². The zero-order valence-corrected chi connectivity index (χ0v) is 15.3. The van der Waals surface area contributed by atoms with Gasteiger partial charge in [0.1, 0.15) is 0 Å². The van der Waals surface area contributed by atoms with Crippen molar-refractivity contribution >= 4 is 16.8 Å². The second-order valence-electron chi connectivity index (χ2n) is 7.38. The van der Waals surface area contributed by atoms with Gasteiger partial charge in [-0.2, -0.15) is 0 Å². The molecule has 0 amide bonds. The molecule has 0 fully saturated rings. The van der Waals surface area contributed by atoms with Crippen LogP contribution in [0.3, 0.4) is 0 Å². The van der Waals surface area contributed by atoms with Crippen molar-refractivity contribution < 1.29 is 0 Å². The van der Waals surface area contributed by atoms with Crippen LogP contribution >= 0.6 is 0 Å². The molecule has 1 unspecified atom stereocenters. The highest BCUT2D eigenvalue weighted by atomic mass is 14.2. The Labute approximate surface area is 148 Å². The standard InChI is InChI=1S/C24H32/c1-2-3-4-5-6-7-8-9-10-13-20-18-19-22-15-11-14-21-16-12-17-23(20)24(21)22/h11-12,14-20H,2-10,13H2,1H3. The number of unbranched alkanes of at least 4 members (excludes halogenated alkanes) is 8. The van der Waals surface area contributed by atoms with Crippen molar-refractivity contribution in [3.63, 3.8) is 0 Å².